The van der Waals surface area contributed by atoms with Crippen molar-refractivity contribution in [2.24, 2.45) is 0 Å². The molecule has 220 valence electrons. The molecule has 0 fully saturated rings. The van der Waals surface area contributed by atoms with Crippen LogP contribution in [0.4, 0.5) is 5.69 Å². The first-order valence-electron chi connectivity index (χ1n) is 13.9. The topological polar surface area (TPSA) is 86.8 Å². The van der Waals surface area contributed by atoms with Gasteiger partial charge < -0.3 is 10.2 Å². The smallest absolute Gasteiger partial charge is 0.244 e. The highest BCUT2D eigenvalue weighted by Crippen LogP contribution is 2.29. The molecule has 0 aliphatic carbocycles. The summed E-state index contributed by atoms with van der Waals surface area (Å²) in [5.41, 5.74) is 2.80. The summed E-state index contributed by atoms with van der Waals surface area (Å²) in [7, 11) is -3.85. The average molecular weight is 598 g/mol. The van der Waals surface area contributed by atoms with Gasteiger partial charge in [0.25, 0.3) is 0 Å². The molecule has 1 unspecified atom stereocenters. The fourth-order valence-electron chi connectivity index (χ4n) is 4.67. The van der Waals surface area contributed by atoms with E-state index in [1.807, 2.05) is 69.3 Å². The van der Waals surface area contributed by atoms with E-state index in [-0.39, 0.29) is 24.8 Å². The maximum atomic E-state index is 14.2. The molecule has 0 radical (unpaired) electrons. The maximum Gasteiger partial charge on any atom is 0.244 e. The first-order valence-corrected chi connectivity index (χ1v) is 16.2. The van der Waals surface area contributed by atoms with Gasteiger partial charge in [-0.15, -0.1) is 0 Å². The number of para-hydroxylation sites is 1. The van der Waals surface area contributed by atoms with Crippen molar-refractivity contribution >= 4 is 39.1 Å². The van der Waals surface area contributed by atoms with Crippen molar-refractivity contribution in [1.29, 1.82) is 0 Å². The molecule has 0 heterocycles. The van der Waals surface area contributed by atoms with Crippen molar-refractivity contribution in [2.75, 3.05) is 23.7 Å². The molecule has 9 heteroatoms. The number of hydrogen-bond acceptors (Lipinski definition) is 4. The van der Waals surface area contributed by atoms with Crippen LogP contribution in [-0.2, 0) is 32.6 Å². The van der Waals surface area contributed by atoms with Crippen LogP contribution in [0.5, 0.6) is 0 Å². The zero-order chi connectivity index (χ0) is 30.0. The van der Waals surface area contributed by atoms with Crippen LogP contribution in [0.15, 0.2) is 78.9 Å². The molecule has 0 spiro atoms. The predicted octanol–water partition coefficient (Wildman–Crippen LogP) is 5.79. The molecule has 3 rings (SSSR count). The zero-order valence-corrected chi connectivity index (χ0v) is 25.8. The Balaban J connectivity index is 2.08. The SMILES string of the molecule is CCCCNC(=O)C(Cc1ccccc1)N(Cc1ccccc1Cl)C(=O)CN(c1ccccc1C(C)C)S(C)(=O)=O. The van der Waals surface area contributed by atoms with Gasteiger partial charge in [-0.05, 0) is 41.2 Å². The minimum Gasteiger partial charge on any atom is -0.354 e. The summed E-state index contributed by atoms with van der Waals surface area (Å²) >= 11 is 6.50. The summed E-state index contributed by atoms with van der Waals surface area (Å²) in [6.07, 6.45) is 3.06. The number of nitrogens with one attached hydrogen (secondary N) is 1. The largest absolute Gasteiger partial charge is 0.354 e. The third kappa shape index (κ3) is 9.07. The van der Waals surface area contributed by atoms with Gasteiger partial charge in [0.1, 0.15) is 12.6 Å². The van der Waals surface area contributed by atoms with Gasteiger partial charge in [-0.2, -0.15) is 0 Å². The lowest BCUT2D eigenvalue weighted by Crippen LogP contribution is -2.53. The highest BCUT2D eigenvalue weighted by molar-refractivity contribution is 7.92. The molecule has 1 atom stereocenters. The highest BCUT2D eigenvalue weighted by Gasteiger charge is 2.33. The molecule has 7 nitrogen and oxygen atoms in total. The van der Waals surface area contributed by atoms with Gasteiger partial charge in [-0.1, -0.05) is 106 Å². The molecule has 3 aromatic rings. The minimum absolute atomic E-state index is 0.0277. The average Bonchev–Trinajstić information content (AvgIpc) is 2.94. The van der Waals surface area contributed by atoms with E-state index in [1.54, 1.807) is 30.3 Å². The van der Waals surface area contributed by atoms with Crippen LogP contribution in [0.25, 0.3) is 0 Å². The van der Waals surface area contributed by atoms with Gasteiger partial charge in [-0.3, -0.25) is 13.9 Å². The molecule has 0 aliphatic rings. The second-order valence-corrected chi connectivity index (χ2v) is 12.8. The molecule has 3 aromatic carbocycles. The quantitative estimate of drug-likeness (QED) is 0.238. The Morgan fingerprint density at radius 3 is 2.20 bits per heavy atom. The fraction of sp³-hybridized carbons (Fsp3) is 0.375. The maximum absolute atomic E-state index is 14.2. The van der Waals surface area contributed by atoms with Crippen LogP contribution in [0.1, 0.15) is 56.2 Å². The first-order chi connectivity index (χ1) is 19.5. The number of nitrogens with zero attached hydrogens (tertiary/aromatic N) is 2. The van der Waals surface area contributed by atoms with Gasteiger partial charge in [0.05, 0.1) is 11.9 Å². The number of rotatable bonds is 14. The lowest BCUT2D eigenvalue weighted by atomic mass is 10.0. The molecule has 2 amide bonds. The van der Waals surface area contributed by atoms with Gasteiger partial charge in [-0.25, -0.2) is 8.42 Å². The van der Waals surface area contributed by atoms with Crippen molar-refractivity contribution in [3.05, 3.63) is 101 Å². The normalized spacial score (nSPS) is 12.1. The molecule has 1 N–H and O–H groups in total. The standard InChI is InChI=1S/C32H40ClN3O4S/c1-5-6-20-34-32(38)30(21-25-14-8-7-9-15-25)35(22-26-16-10-12-18-28(26)33)31(37)23-36(41(4,39)40)29-19-13-11-17-27(29)24(2)3/h7-19,24,30H,5-6,20-23H2,1-4H3,(H,34,38). The van der Waals surface area contributed by atoms with E-state index in [4.69, 9.17) is 11.6 Å². The molecular formula is C32H40ClN3O4S. The van der Waals surface area contributed by atoms with E-state index >= 15 is 0 Å². The van der Waals surface area contributed by atoms with E-state index in [0.717, 1.165) is 34.5 Å². The minimum atomic E-state index is -3.85. The number of carbonyl (C=O) groups is 2. The third-order valence-electron chi connectivity index (χ3n) is 6.91. The van der Waals surface area contributed by atoms with Crippen molar-refractivity contribution in [3.63, 3.8) is 0 Å². The van der Waals surface area contributed by atoms with Crippen LogP contribution >= 0.6 is 11.6 Å². The number of hydrogen-bond donors (Lipinski definition) is 1. The number of sulfonamides is 1. The zero-order valence-electron chi connectivity index (χ0n) is 24.2. The monoisotopic (exact) mass is 597 g/mol. The molecule has 0 saturated carbocycles. The Labute approximate surface area is 249 Å². The third-order valence-corrected chi connectivity index (χ3v) is 8.40. The Morgan fingerprint density at radius 1 is 0.927 bits per heavy atom. The van der Waals surface area contributed by atoms with E-state index in [0.29, 0.717) is 22.8 Å². The summed E-state index contributed by atoms with van der Waals surface area (Å²) in [4.78, 5) is 29.4. The van der Waals surface area contributed by atoms with Gasteiger partial charge in [0.2, 0.25) is 21.8 Å². The van der Waals surface area contributed by atoms with Crippen LogP contribution < -0.4 is 9.62 Å². The summed E-state index contributed by atoms with van der Waals surface area (Å²) in [6.45, 7) is 6.05. The Bertz CT molecular complexity index is 1410. The van der Waals surface area contributed by atoms with Crippen LogP contribution in [0.3, 0.4) is 0 Å². The summed E-state index contributed by atoms with van der Waals surface area (Å²) in [5, 5.41) is 3.44. The van der Waals surface area contributed by atoms with E-state index < -0.39 is 28.5 Å². The molecule has 0 bridgehead atoms. The number of unbranched alkanes of at least 4 members (excludes halogenated alkanes) is 1. The van der Waals surface area contributed by atoms with Gasteiger partial charge in [0, 0.05) is 24.5 Å². The molecule has 0 aromatic heterocycles. The van der Waals surface area contributed by atoms with Crippen LogP contribution in [-0.4, -0.2) is 50.5 Å². The highest BCUT2D eigenvalue weighted by atomic mass is 35.5. The summed E-state index contributed by atoms with van der Waals surface area (Å²) in [6, 6.07) is 22.9. The lowest BCUT2D eigenvalue weighted by Gasteiger charge is -2.34. The second-order valence-electron chi connectivity index (χ2n) is 10.4. The second kappa shape index (κ2) is 15.0. The van der Waals surface area contributed by atoms with Crippen molar-refractivity contribution in [2.45, 2.75) is 58.5 Å². The number of anilines is 1. The van der Waals surface area contributed by atoms with Crippen LogP contribution in [0, 0.1) is 0 Å². The predicted molar refractivity (Wildman–Crippen MR) is 167 cm³/mol. The molecule has 0 saturated heterocycles. The molecule has 0 aliphatic heterocycles. The summed E-state index contributed by atoms with van der Waals surface area (Å²) in [5.74, 6) is -0.767. The van der Waals surface area contributed by atoms with E-state index in [2.05, 4.69) is 5.32 Å². The molecular weight excluding hydrogens is 558 g/mol. The Hall–Kier alpha value is -3.36. The van der Waals surface area contributed by atoms with Crippen LogP contribution in [0.2, 0.25) is 5.02 Å². The Kier molecular flexibility index (Phi) is 11.8. The Morgan fingerprint density at radius 2 is 1.56 bits per heavy atom. The number of amides is 2. The van der Waals surface area contributed by atoms with Gasteiger partial charge in [0.15, 0.2) is 0 Å². The molecule has 41 heavy (non-hydrogen) atoms. The lowest BCUT2D eigenvalue weighted by molar-refractivity contribution is -0.140. The van der Waals surface area contributed by atoms with Crippen molar-refractivity contribution < 1.29 is 18.0 Å². The number of halogens is 1. The number of carbonyl (C=O) groups excluding carboxylic acids is 2. The fourth-order valence-corrected chi connectivity index (χ4v) is 5.73. The van der Waals surface area contributed by atoms with Gasteiger partial charge >= 0.3 is 0 Å². The summed E-state index contributed by atoms with van der Waals surface area (Å²) < 4.78 is 27.3. The van der Waals surface area contributed by atoms with E-state index in [1.165, 1.54) is 4.90 Å². The first kappa shape index (κ1) is 32.2. The van der Waals surface area contributed by atoms with E-state index in [9.17, 15) is 18.0 Å². The van der Waals surface area contributed by atoms with Crippen molar-refractivity contribution in [1.82, 2.24) is 10.2 Å². The van der Waals surface area contributed by atoms with Crippen molar-refractivity contribution in [3.8, 4) is 0 Å². The number of benzene rings is 3.